The third-order valence-corrected chi connectivity index (χ3v) is 2.08. The van der Waals surface area contributed by atoms with Gasteiger partial charge in [-0.1, -0.05) is 0 Å². The number of methoxy groups -OCH3 is 1. The van der Waals surface area contributed by atoms with E-state index in [0.29, 0.717) is 0 Å². The van der Waals surface area contributed by atoms with E-state index in [1.54, 1.807) is 0 Å². The van der Waals surface area contributed by atoms with Crippen LogP contribution in [0.15, 0.2) is 0 Å². The maximum absolute atomic E-state index is 9.28. The first-order chi connectivity index (χ1) is 6.11. The molecule has 0 unspecified atom stereocenters. The molecule has 1 saturated heterocycles. The number of rotatable bonds is 2. The second-order valence-corrected chi connectivity index (χ2v) is 2.93. The van der Waals surface area contributed by atoms with Crippen molar-refractivity contribution in [1.29, 1.82) is 0 Å². The van der Waals surface area contributed by atoms with Gasteiger partial charge in [0.15, 0.2) is 6.29 Å². The Morgan fingerprint density at radius 3 is 2.23 bits per heavy atom. The van der Waals surface area contributed by atoms with Crippen molar-refractivity contribution in [3.8, 4) is 0 Å². The molecule has 0 aliphatic carbocycles. The molecule has 6 heteroatoms. The average Bonchev–Trinajstić information content (AvgIpc) is 2.15. The summed E-state index contributed by atoms with van der Waals surface area (Å²) in [5.41, 5.74) is 0. The number of hydrogen-bond donors (Lipinski definition) is 4. The number of hydrogen-bond acceptors (Lipinski definition) is 6. The van der Waals surface area contributed by atoms with Gasteiger partial charge in [-0.25, -0.2) is 0 Å². The molecular formula is C7H14O6. The van der Waals surface area contributed by atoms with E-state index in [1.165, 1.54) is 7.11 Å². The highest BCUT2D eigenvalue weighted by Crippen LogP contribution is 2.20. The molecule has 1 aliphatic rings. The van der Waals surface area contributed by atoms with Crippen LogP contribution in [0.25, 0.3) is 0 Å². The summed E-state index contributed by atoms with van der Waals surface area (Å²) < 4.78 is 9.65. The molecule has 0 bridgehead atoms. The van der Waals surface area contributed by atoms with E-state index in [-0.39, 0.29) is 0 Å². The first-order valence-corrected chi connectivity index (χ1v) is 3.95. The van der Waals surface area contributed by atoms with Gasteiger partial charge in [-0.15, -0.1) is 0 Å². The molecule has 6 nitrogen and oxygen atoms in total. The van der Waals surface area contributed by atoms with E-state index in [9.17, 15) is 15.3 Å². The average molecular weight is 195 g/mol. The van der Waals surface area contributed by atoms with Gasteiger partial charge in [-0.05, 0) is 0 Å². The van der Waals surface area contributed by atoms with Gasteiger partial charge in [0.05, 0.1) is 6.61 Å². The van der Waals surface area contributed by atoms with Crippen LogP contribution in [0.4, 0.5) is 0 Å². The summed E-state index contributed by atoms with van der Waals surface area (Å²) in [4.78, 5) is 0. The van der Waals surface area contributed by atoms with Gasteiger partial charge < -0.3 is 29.9 Å². The first kappa shape index (κ1) is 10.8. The van der Waals surface area contributed by atoms with Crippen LogP contribution < -0.4 is 0 Å². The molecule has 0 amide bonds. The Labute approximate surface area is 75.3 Å². The molecule has 1 heterocycles. The first-order valence-electron chi connectivity index (χ1n) is 3.95. The summed E-state index contributed by atoms with van der Waals surface area (Å²) in [5, 5.41) is 36.6. The smallest absolute Gasteiger partial charge is 0.186 e. The fourth-order valence-corrected chi connectivity index (χ4v) is 1.26. The Morgan fingerprint density at radius 2 is 1.77 bits per heavy atom. The zero-order valence-electron chi connectivity index (χ0n) is 7.20. The normalized spacial score (nSPS) is 46.4. The van der Waals surface area contributed by atoms with Crippen LogP contribution in [-0.2, 0) is 9.47 Å². The molecule has 13 heavy (non-hydrogen) atoms. The summed E-state index contributed by atoms with van der Waals surface area (Å²) in [6, 6.07) is 0. The fraction of sp³-hybridized carbons (Fsp3) is 1.00. The summed E-state index contributed by atoms with van der Waals surface area (Å²) in [6.45, 7) is -0.440. The van der Waals surface area contributed by atoms with E-state index < -0.39 is 37.3 Å². The van der Waals surface area contributed by atoms with E-state index in [1.807, 2.05) is 0 Å². The molecule has 1 fully saturated rings. The highest BCUT2D eigenvalue weighted by Gasteiger charge is 2.43. The lowest BCUT2D eigenvalue weighted by Gasteiger charge is -2.38. The summed E-state index contributed by atoms with van der Waals surface area (Å²) >= 11 is 0. The second-order valence-electron chi connectivity index (χ2n) is 2.93. The maximum Gasteiger partial charge on any atom is 0.186 e. The monoisotopic (exact) mass is 195 g/mol. The summed E-state index contributed by atoms with van der Waals surface area (Å²) in [6.07, 6.45) is -5.91. The Balaban J connectivity index is 2.66. The third kappa shape index (κ3) is 1.98. The van der Waals surface area contributed by atoms with Gasteiger partial charge in [-0.2, -0.15) is 0 Å². The topological polar surface area (TPSA) is 99.4 Å². The molecule has 0 aromatic carbocycles. The molecule has 0 aromatic heterocycles. The Hall–Kier alpha value is -0.240. The quantitative estimate of drug-likeness (QED) is 0.361. The fourth-order valence-electron chi connectivity index (χ4n) is 1.26. The van der Waals surface area contributed by atoms with E-state index in [4.69, 9.17) is 14.6 Å². The van der Waals surface area contributed by atoms with Crippen LogP contribution in [0.5, 0.6) is 0 Å². The van der Waals surface area contributed by atoms with E-state index in [2.05, 4.69) is 0 Å². The lowest BCUT2D eigenvalue weighted by molar-refractivity contribution is -0.294. The van der Waals surface area contributed by atoms with Crippen molar-refractivity contribution in [2.45, 2.75) is 30.7 Å². The van der Waals surface area contributed by atoms with Crippen molar-refractivity contribution in [3.05, 3.63) is 0 Å². The van der Waals surface area contributed by atoms with Crippen LogP contribution in [0.2, 0.25) is 0 Å². The Kier molecular flexibility index (Phi) is 3.60. The minimum Gasteiger partial charge on any atom is -0.394 e. The summed E-state index contributed by atoms with van der Waals surface area (Å²) in [5.74, 6) is 0. The van der Waals surface area contributed by atoms with Crippen LogP contribution in [0, 0.1) is 0 Å². The van der Waals surface area contributed by atoms with Gasteiger partial charge in [0.2, 0.25) is 0 Å². The van der Waals surface area contributed by atoms with Gasteiger partial charge in [-0.3, -0.25) is 0 Å². The van der Waals surface area contributed by atoms with Crippen LogP contribution in [0.1, 0.15) is 0 Å². The minimum atomic E-state index is -1.36. The van der Waals surface area contributed by atoms with E-state index >= 15 is 0 Å². The molecule has 5 atom stereocenters. The van der Waals surface area contributed by atoms with Gasteiger partial charge in [0, 0.05) is 7.11 Å². The predicted octanol–water partition coefficient (Wildman–Crippen LogP) is -2.57. The van der Waals surface area contributed by atoms with Crippen molar-refractivity contribution in [3.63, 3.8) is 0 Å². The standard InChI is InChI=1S/C7H14O6/c1-12-7-6(11)5(10)4(9)3(2-8)13-7/h3-11H,2H2,1H3/t3-,4-,5+,6-,7-/m1/s1/i7+1. The van der Waals surface area contributed by atoms with Crippen LogP contribution in [-0.4, -0.2) is 64.8 Å². The SMILES string of the molecule is CO[13C@@H]1O[C@H](CO)[C@@H](O)[C@H](O)[C@H]1O. The minimum absolute atomic E-state index is 0.440. The molecule has 0 saturated carbocycles. The predicted molar refractivity (Wildman–Crippen MR) is 40.8 cm³/mol. The zero-order valence-corrected chi connectivity index (χ0v) is 7.20. The highest BCUT2D eigenvalue weighted by molar-refractivity contribution is 4.88. The Bertz CT molecular complexity index is 143. The molecule has 78 valence electrons. The number of aliphatic hydroxyl groups is 4. The lowest BCUT2D eigenvalue weighted by atomic mass is 10.0. The molecule has 0 radical (unpaired) electrons. The third-order valence-electron chi connectivity index (χ3n) is 2.08. The molecule has 1 rings (SSSR count). The number of ether oxygens (including phenoxy) is 2. The molecule has 0 aromatic rings. The lowest BCUT2D eigenvalue weighted by Crippen LogP contribution is -2.58. The van der Waals surface area contributed by atoms with Crippen molar-refractivity contribution >= 4 is 0 Å². The van der Waals surface area contributed by atoms with Gasteiger partial charge in [0.1, 0.15) is 24.4 Å². The van der Waals surface area contributed by atoms with Crippen LogP contribution in [0.3, 0.4) is 0 Å². The summed E-state index contributed by atoms with van der Waals surface area (Å²) in [7, 11) is 1.30. The van der Waals surface area contributed by atoms with Crippen molar-refractivity contribution in [1.82, 2.24) is 0 Å². The molecular weight excluding hydrogens is 181 g/mol. The zero-order chi connectivity index (χ0) is 10.0. The van der Waals surface area contributed by atoms with Gasteiger partial charge in [0.25, 0.3) is 0 Å². The largest absolute Gasteiger partial charge is 0.394 e. The van der Waals surface area contributed by atoms with Crippen molar-refractivity contribution in [2.24, 2.45) is 0 Å². The molecule has 4 N–H and O–H groups in total. The van der Waals surface area contributed by atoms with Gasteiger partial charge >= 0.3 is 0 Å². The Morgan fingerprint density at radius 1 is 1.15 bits per heavy atom. The molecule has 0 spiro atoms. The van der Waals surface area contributed by atoms with Crippen molar-refractivity contribution < 1.29 is 29.9 Å². The van der Waals surface area contributed by atoms with E-state index in [0.717, 1.165) is 0 Å². The van der Waals surface area contributed by atoms with Crippen molar-refractivity contribution in [2.75, 3.05) is 13.7 Å². The highest BCUT2D eigenvalue weighted by atomic mass is 16.8. The van der Waals surface area contributed by atoms with Crippen LogP contribution >= 0.6 is 0 Å². The molecule has 1 aliphatic heterocycles. The maximum atomic E-state index is 9.28. The number of aliphatic hydroxyl groups excluding tert-OH is 4. The second kappa shape index (κ2) is 4.32.